The molecule has 1 saturated heterocycles. The summed E-state index contributed by atoms with van der Waals surface area (Å²) in [5.74, 6) is -3.49. The van der Waals surface area contributed by atoms with E-state index in [1.165, 1.54) is 11.0 Å². The summed E-state index contributed by atoms with van der Waals surface area (Å²) in [5, 5.41) is 11.2. The van der Waals surface area contributed by atoms with Crippen molar-refractivity contribution in [3.63, 3.8) is 0 Å². The monoisotopic (exact) mass is 573 g/mol. The lowest BCUT2D eigenvalue weighted by Gasteiger charge is -2.42. The summed E-state index contributed by atoms with van der Waals surface area (Å²) < 4.78 is 5.77. The lowest BCUT2D eigenvalue weighted by Crippen LogP contribution is -2.39. The maximum atomic E-state index is 13.8. The zero-order valence-electron chi connectivity index (χ0n) is 20.5. The average Bonchev–Trinajstić information content (AvgIpc) is 3.18. The topological polar surface area (TPSA) is 101 Å². The van der Waals surface area contributed by atoms with E-state index in [0.29, 0.717) is 35.4 Å². The highest BCUT2D eigenvalue weighted by atomic mass is 79.9. The molecule has 7 nitrogen and oxygen atoms in total. The van der Waals surface area contributed by atoms with Crippen LogP contribution in [0.5, 0.6) is 11.5 Å². The van der Waals surface area contributed by atoms with E-state index in [1.54, 1.807) is 49.4 Å². The molecule has 2 aromatic carbocycles. The van der Waals surface area contributed by atoms with Gasteiger partial charge >= 0.3 is 0 Å². The Morgan fingerprint density at radius 3 is 2.50 bits per heavy atom. The fourth-order valence-electron chi connectivity index (χ4n) is 6.44. The zero-order chi connectivity index (χ0) is 26.7. The van der Waals surface area contributed by atoms with Gasteiger partial charge in [0.05, 0.1) is 28.6 Å². The predicted molar refractivity (Wildman–Crippen MR) is 143 cm³/mol. The Labute approximate surface area is 227 Å². The van der Waals surface area contributed by atoms with Gasteiger partial charge in [0.25, 0.3) is 0 Å². The van der Waals surface area contributed by atoms with E-state index in [9.17, 15) is 24.3 Å². The standard InChI is InChI=1S/C30H24BrNO6/c1-2-38-23-10-6-9-17(28(23)35)24-16-11-12-18-25(30(37)32(29(18)36)15-7-4-3-5-8-15)19(16)13-20-26(24)22(33)14-21(31)27(20)34/h3-11,14,18-19,24-25,35H,2,12-13H2,1H3. The summed E-state index contributed by atoms with van der Waals surface area (Å²) in [4.78, 5) is 55.3. The van der Waals surface area contributed by atoms with E-state index in [1.807, 2.05) is 12.1 Å². The number of anilines is 1. The second kappa shape index (κ2) is 9.20. The molecule has 8 heteroatoms. The highest BCUT2D eigenvalue weighted by Gasteiger charge is 2.56. The molecule has 1 heterocycles. The van der Waals surface area contributed by atoms with E-state index in [-0.39, 0.29) is 45.8 Å². The minimum absolute atomic E-state index is 0.108. The maximum absolute atomic E-state index is 13.8. The minimum Gasteiger partial charge on any atom is -0.504 e. The number of halogens is 1. The van der Waals surface area contributed by atoms with Crippen molar-refractivity contribution in [3.8, 4) is 11.5 Å². The SMILES string of the molecule is CCOc1cccc(C2C3=CCC4C(=O)N(c5ccccc5)C(=O)C4C3CC3=C2C(=O)C=C(Br)C3=O)c1O. The lowest BCUT2D eigenvalue weighted by atomic mass is 9.59. The van der Waals surface area contributed by atoms with Crippen LogP contribution in [0.1, 0.15) is 31.2 Å². The van der Waals surface area contributed by atoms with Gasteiger partial charge in [0.15, 0.2) is 23.1 Å². The van der Waals surface area contributed by atoms with Crippen LogP contribution in [0.25, 0.3) is 0 Å². The molecule has 1 N–H and O–H groups in total. The van der Waals surface area contributed by atoms with Crippen molar-refractivity contribution in [3.05, 3.63) is 87.4 Å². The van der Waals surface area contributed by atoms with Crippen molar-refractivity contribution in [1.82, 2.24) is 0 Å². The van der Waals surface area contributed by atoms with Crippen molar-refractivity contribution in [1.29, 1.82) is 0 Å². The predicted octanol–water partition coefficient (Wildman–Crippen LogP) is 4.76. The molecule has 2 amide bonds. The largest absolute Gasteiger partial charge is 0.504 e. The fourth-order valence-corrected chi connectivity index (χ4v) is 6.89. The molecule has 2 aromatic rings. The van der Waals surface area contributed by atoms with Crippen LogP contribution in [0.3, 0.4) is 0 Å². The first-order valence-electron chi connectivity index (χ1n) is 12.6. The fraction of sp³-hybridized carbons (Fsp3) is 0.267. The molecule has 0 saturated carbocycles. The number of ketones is 2. The Balaban J connectivity index is 1.51. The second-order valence-electron chi connectivity index (χ2n) is 9.87. The quantitative estimate of drug-likeness (QED) is 0.321. The Morgan fingerprint density at radius 1 is 1.00 bits per heavy atom. The van der Waals surface area contributed by atoms with E-state index < -0.39 is 23.7 Å². The number of nitrogens with zero attached hydrogens (tertiary/aromatic N) is 1. The van der Waals surface area contributed by atoms with Gasteiger partial charge in [0, 0.05) is 28.7 Å². The van der Waals surface area contributed by atoms with Crippen molar-refractivity contribution in [2.45, 2.75) is 25.7 Å². The lowest BCUT2D eigenvalue weighted by molar-refractivity contribution is -0.123. The molecule has 192 valence electrons. The number of para-hydroxylation sites is 2. The third-order valence-corrected chi connectivity index (χ3v) is 8.58. The van der Waals surface area contributed by atoms with Crippen LogP contribution in [-0.4, -0.2) is 35.1 Å². The van der Waals surface area contributed by atoms with Crippen LogP contribution < -0.4 is 9.64 Å². The summed E-state index contributed by atoms with van der Waals surface area (Å²) in [5.41, 5.74) is 2.35. The molecule has 0 spiro atoms. The highest BCUT2D eigenvalue weighted by Crippen LogP contribution is 2.57. The van der Waals surface area contributed by atoms with Crippen LogP contribution in [0.15, 0.2) is 81.9 Å². The molecule has 4 atom stereocenters. The van der Waals surface area contributed by atoms with Crippen LogP contribution in [-0.2, 0) is 19.2 Å². The van der Waals surface area contributed by atoms with Crippen molar-refractivity contribution >= 4 is 45.0 Å². The number of ether oxygens (including phenoxy) is 1. The summed E-state index contributed by atoms with van der Waals surface area (Å²) >= 11 is 3.23. The van der Waals surface area contributed by atoms with Crippen molar-refractivity contribution in [2.75, 3.05) is 11.5 Å². The Hall–Kier alpha value is -3.78. The van der Waals surface area contributed by atoms with Crippen LogP contribution in [0.4, 0.5) is 5.69 Å². The average molecular weight is 574 g/mol. The number of fused-ring (bicyclic) bond motifs is 3. The molecule has 1 aliphatic heterocycles. The number of rotatable bonds is 4. The number of hydrogen-bond acceptors (Lipinski definition) is 6. The van der Waals surface area contributed by atoms with Gasteiger partial charge in [-0.2, -0.15) is 0 Å². The summed E-state index contributed by atoms with van der Waals surface area (Å²) in [6.45, 7) is 2.14. The molecule has 4 unspecified atom stereocenters. The molecular formula is C30H24BrNO6. The number of phenols is 1. The van der Waals surface area contributed by atoms with Gasteiger partial charge in [-0.05, 0) is 59.8 Å². The summed E-state index contributed by atoms with van der Waals surface area (Å²) in [6.07, 6.45) is 3.69. The second-order valence-corrected chi connectivity index (χ2v) is 10.7. The maximum Gasteiger partial charge on any atom is 0.238 e. The van der Waals surface area contributed by atoms with Gasteiger partial charge in [0.1, 0.15) is 0 Å². The molecule has 38 heavy (non-hydrogen) atoms. The third-order valence-electron chi connectivity index (χ3n) is 7.99. The number of phenolic OH excluding ortho intramolecular Hbond substituents is 1. The van der Waals surface area contributed by atoms with Gasteiger partial charge in [0.2, 0.25) is 11.8 Å². The number of amides is 2. The molecule has 3 aliphatic carbocycles. The first kappa shape index (κ1) is 24.6. The molecule has 1 fully saturated rings. The highest BCUT2D eigenvalue weighted by molar-refractivity contribution is 9.12. The number of carbonyl (C=O) groups excluding carboxylic acids is 4. The number of imide groups is 1. The van der Waals surface area contributed by atoms with Gasteiger partial charge in [-0.1, -0.05) is 42.0 Å². The van der Waals surface area contributed by atoms with Gasteiger partial charge in [-0.25, -0.2) is 0 Å². The van der Waals surface area contributed by atoms with E-state index in [0.717, 1.165) is 5.57 Å². The van der Waals surface area contributed by atoms with E-state index in [4.69, 9.17) is 4.74 Å². The van der Waals surface area contributed by atoms with Crippen LogP contribution in [0, 0.1) is 17.8 Å². The first-order chi connectivity index (χ1) is 18.3. The van der Waals surface area contributed by atoms with Crippen LogP contribution in [0.2, 0.25) is 0 Å². The summed E-state index contributed by atoms with van der Waals surface area (Å²) in [6, 6.07) is 13.9. The van der Waals surface area contributed by atoms with E-state index >= 15 is 0 Å². The number of hydrogen-bond donors (Lipinski definition) is 1. The number of carbonyl (C=O) groups is 4. The van der Waals surface area contributed by atoms with Gasteiger partial charge in [-0.3, -0.25) is 24.1 Å². The van der Waals surface area contributed by atoms with Crippen molar-refractivity contribution in [2.24, 2.45) is 17.8 Å². The number of allylic oxidation sites excluding steroid dienone is 6. The van der Waals surface area contributed by atoms with Crippen LogP contribution >= 0.6 is 15.9 Å². The minimum atomic E-state index is -0.743. The Kier molecular flexibility index (Phi) is 5.94. The zero-order valence-corrected chi connectivity index (χ0v) is 22.1. The Morgan fingerprint density at radius 2 is 1.76 bits per heavy atom. The molecule has 0 bridgehead atoms. The third kappa shape index (κ3) is 3.54. The molecule has 0 aromatic heterocycles. The smallest absolute Gasteiger partial charge is 0.238 e. The van der Waals surface area contributed by atoms with E-state index in [2.05, 4.69) is 15.9 Å². The molecule has 6 rings (SSSR count). The molecular weight excluding hydrogens is 550 g/mol. The molecule has 4 aliphatic rings. The van der Waals surface area contributed by atoms with Crippen molar-refractivity contribution < 1.29 is 29.0 Å². The van der Waals surface area contributed by atoms with Gasteiger partial charge < -0.3 is 9.84 Å². The number of benzene rings is 2. The van der Waals surface area contributed by atoms with Gasteiger partial charge in [-0.15, -0.1) is 0 Å². The number of Topliss-reactive ketones (excluding diaryl/α,β-unsaturated/α-hetero) is 1. The Bertz CT molecular complexity index is 1500. The first-order valence-corrected chi connectivity index (χ1v) is 13.4. The molecule has 0 radical (unpaired) electrons. The number of aromatic hydroxyl groups is 1. The normalized spacial score (nSPS) is 26.5. The summed E-state index contributed by atoms with van der Waals surface area (Å²) in [7, 11) is 0.